The number of hydrogen-bond donors (Lipinski definition) is 1. The molecule has 16 heavy (non-hydrogen) atoms. The van der Waals surface area contributed by atoms with E-state index < -0.39 is 0 Å². The third-order valence-corrected chi connectivity index (χ3v) is 4.25. The van der Waals surface area contributed by atoms with Crippen molar-refractivity contribution in [1.82, 2.24) is 4.90 Å². The Morgan fingerprint density at radius 1 is 1.19 bits per heavy atom. The van der Waals surface area contributed by atoms with Crippen molar-refractivity contribution in [2.45, 2.75) is 58.9 Å². The number of nitrogens with zero attached hydrogens (tertiary/aromatic N) is 1. The third kappa shape index (κ3) is 4.06. The molecule has 1 aliphatic carbocycles. The summed E-state index contributed by atoms with van der Waals surface area (Å²) in [6.07, 6.45) is 6.99. The average Bonchev–Trinajstić information content (AvgIpc) is 2.28. The van der Waals surface area contributed by atoms with Crippen LogP contribution in [0.4, 0.5) is 0 Å². The van der Waals surface area contributed by atoms with E-state index in [0.717, 1.165) is 25.0 Å². The maximum Gasteiger partial charge on any atom is 0.00926 e. The summed E-state index contributed by atoms with van der Waals surface area (Å²) >= 11 is 0. The number of nitrogens with two attached hydrogens (primary N) is 1. The topological polar surface area (TPSA) is 29.3 Å². The molecule has 2 N–H and O–H groups in total. The summed E-state index contributed by atoms with van der Waals surface area (Å²) in [6.45, 7) is 8.77. The molecule has 0 amide bonds. The molecule has 0 heterocycles. The van der Waals surface area contributed by atoms with Gasteiger partial charge in [0.05, 0.1) is 0 Å². The van der Waals surface area contributed by atoms with Crippen LogP contribution in [0.1, 0.15) is 52.9 Å². The SMILES string of the molecule is CCC1CCC(N(C)CC(C)(C)CN)CC1. The molecule has 0 atom stereocenters. The van der Waals surface area contributed by atoms with Gasteiger partial charge in [-0.25, -0.2) is 0 Å². The summed E-state index contributed by atoms with van der Waals surface area (Å²) in [5, 5.41) is 0. The summed E-state index contributed by atoms with van der Waals surface area (Å²) in [5.74, 6) is 0.993. The van der Waals surface area contributed by atoms with Crippen LogP contribution in [0.15, 0.2) is 0 Å². The van der Waals surface area contributed by atoms with Gasteiger partial charge in [-0.05, 0) is 50.6 Å². The van der Waals surface area contributed by atoms with E-state index in [0.29, 0.717) is 0 Å². The van der Waals surface area contributed by atoms with Crippen molar-refractivity contribution in [3.05, 3.63) is 0 Å². The minimum absolute atomic E-state index is 0.260. The van der Waals surface area contributed by atoms with Crippen LogP contribution < -0.4 is 5.73 Å². The molecule has 0 aromatic carbocycles. The lowest BCUT2D eigenvalue weighted by Gasteiger charge is -2.38. The molecule has 0 aromatic heterocycles. The van der Waals surface area contributed by atoms with E-state index in [1.165, 1.54) is 32.1 Å². The van der Waals surface area contributed by atoms with Gasteiger partial charge < -0.3 is 10.6 Å². The van der Waals surface area contributed by atoms with Crippen molar-refractivity contribution in [2.24, 2.45) is 17.1 Å². The molecule has 1 rings (SSSR count). The van der Waals surface area contributed by atoms with Crippen molar-refractivity contribution in [3.8, 4) is 0 Å². The van der Waals surface area contributed by atoms with E-state index in [9.17, 15) is 0 Å². The van der Waals surface area contributed by atoms with Crippen LogP contribution in [0.3, 0.4) is 0 Å². The molecule has 96 valence electrons. The highest BCUT2D eigenvalue weighted by Gasteiger charge is 2.26. The Morgan fingerprint density at radius 2 is 1.75 bits per heavy atom. The van der Waals surface area contributed by atoms with Gasteiger partial charge in [0, 0.05) is 12.6 Å². The van der Waals surface area contributed by atoms with Crippen LogP contribution in [0.25, 0.3) is 0 Å². The van der Waals surface area contributed by atoms with Gasteiger partial charge in [-0.3, -0.25) is 0 Å². The normalized spacial score (nSPS) is 27.4. The van der Waals surface area contributed by atoms with Gasteiger partial charge in [0.2, 0.25) is 0 Å². The lowest BCUT2D eigenvalue weighted by atomic mass is 9.83. The molecule has 0 spiro atoms. The maximum atomic E-state index is 5.80. The van der Waals surface area contributed by atoms with E-state index in [1.807, 2.05) is 0 Å². The molecule has 0 bridgehead atoms. The lowest BCUT2D eigenvalue weighted by molar-refractivity contribution is 0.120. The summed E-state index contributed by atoms with van der Waals surface area (Å²) in [6, 6.07) is 0.800. The molecule has 2 nitrogen and oxygen atoms in total. The Kier molecular flexibility index (Phi) is 5.26. The van der Waals surface area contributed by atoms with Crippen LogP contribution in [0.2, 0.25) is 0 Å². The molecular formula is C14H30N2. The zero-order chi connectivity index (χ0) is 12.2. The van der Waals surface area contributed by atoms with Gasteiger partial charge in [0.15, 0.2) is 0 Å². The van der Waals surface area contributed by atoms with Crippen molar-refractivity contribution in [1.29, 1.82) is 0 Å². The van der Waals surface area contributed by atoms with Crippen LogP contribution in [0.5, 0.6) is 0 Å². The van der Waals surface area contributed by atoms with Gasteiger partial charge in [0.25, 0.3) is 0 Å². The molecule has 1 fully saturated rings. The van der Waals surface area contributed by atoms with Crippen LogP contribution in [-0.4, -0.2) is 31.1 Å². The first-order chi connectivity index (χ1) is 7.48. The van der Waals surface area contributed by atoms with E-state index in [2.05, 4.69) is 32.7 Å². The molecule has 1 saturated carbocycles. The van der Waals surface area contributed by atoms with Crippen molar-refractivity contribution < 1.29 is 0 Å². The quantitative estimate of drug-likeness (QED) is 0.781. The molecule has 0 unspecified atom stereocenters. The largest absolute Gasteiger partial charge is 0.330 e. The summed E-state index contributed by atoms with van der Waals surface area (Å²) in [7, 11) is 2.27. The fraction of sp³-hybridized carbons (Fsp3) is 1.00. The van der Waals surface area contributed by atoms with Crippen LogP contribution in [-0.2, 0) is 0 Å². The minimum Gasteiger partial charge on any atom is -0.330 e. The average molecular weight is 226 g/mol. The molecule has 0 radical (unpaired) electrons. The summed E-state index contributed by atoms with van der Waals surface area (Å²) in [5.41, 5.74) is 6.06. The minimum atomic E-state index is 0.260. The van der Waals surface area contributed by atoms with E-state index in [4.69, 9.17) is 5.73 Å². The van der Waals surface area contributed by atoms with E-state index >= 15 is 0 Å². The molecule has 0 aromatic rings. The number of hydrogen-bond acceptors (Lipinski definition) is 2. The summed E-state index contributed by atoms with van der Waals surface area (Å²) < 4.78 is 0. The predicted molar refractivity (Wildman–Crippen MR) is 71.5 cm³/mol. The zero-order valence-corrected chi connectivity index (χ0v) is 11.6. The number of rotatable bonds is 5. The van der Waals surface area contributed by atoms with E-state index in [-0.39, 0.29) is 5.41 Å². The Bertz CT molecular complexity index is 193. The van der Waals surface area contributed by atoms with Crippen molar-refractivity contribution >= 4 is 0 Å². The monoisotopic (exact) mass is 226 g/mol. The van der Waals surface area contributed by atoms with Gasteiger partial charge in [-0.1, -0.05) is 27.2 Å². The second-order valence-electron chi connectivity index (χ2n) is 6.37. The Morgan fingerprint density at radius 3 is 2.19 bits per heavy atom. The van der Waals surface area contributed by atoms with Crippen molar-refractivity contribution in [3.63, 3.8) is 0 Å². The molecular weight excluding hydrogens is 196 g/mol. The molecule has 0 aliphatic heterocycles. The van der Waals surface area contributed by atoms with Gasteiger partial charge in [0.1, 0.15) is 0 Å². The lowest BCUT2D eigenvalue weighted by Crippen LogP contribution is -2.43. The molecule has 0 saturated heterocycles. The van der Waals surface area contributed by atoms with Crippen LogP contribution >= 0.6 is 0 Å². The maximum absolute atomic E-state index is 5.80. The molecule has 1 aliphatic rings. The Balaban J connectivity index is 2.36. The highest BCUT2D eigenvalue weighted by molar-refractivity contribution is 4.81. The van der Waals surface area contributed by atoms with Gasteiger partial charge in [-0.2, -0.15) is 0 Å². The predicted octanol–water partition coefficient (Wildman–Crippen LogP) is 2.87. The fourth-order valence-corrected chi connectivity index (χ4v) is 2.86. The zero-order valence-electron chi connectivity index (χ0n) is 11.6. The second-order valence-corrected chi connectivity index (χ2v) is 6.37. The first-order valence-corrected chi connectivity index (χ1v) is 6.89. The Hall–Kier alpha value is -0.0800. The van der Waals surface area contributed by atoms with E-state index in [1.54, 1.807) is 0 Å². The van der Waals surface area contributed by atoms with Gasteiger partial charge >= 0.3 is 0 Å². The second kappa shape index (κ2) is 6.02. The summed E-state index contributed by atoms with van der Waals surface area (Å²) in [4.78, 5) is 2.54. The Labute approximate surface area is 102 Å². The van der Waals surface area contributed by atoms with Gasteiger partial charge in [-0.15, -0.1) is 0 Å². The highest BCUT2D eigenvalue weighted by Crippen LogP contribution is 2.30. The highest BCUT2D eigenvalue weighted by atomic mass is 15.1. The smallest absolute Gasteiger partial charge is 0.00926 e. The molecule has 2 heteroatoms. The fourth-order valence-electron chi connectivity index (χ4n) is 2.86. The van der Waals surface area contributed by atoms with Crippen molar-refractivity contribution in [2.75, 3.05) is 20.1 Å². The first-order valence-electron chi connectivity index (χ1n) is 6.89. The first kappa shape index (κ1) is 14.0. The van der Waals surface area contributed by atoms with Crippen LogP contribution in [0, 0.1) is 11.3 Å². The standard InChI is InChI=1S/C14H30N2/c1-5-12-6-8-13(9-7-12)16(4)11-14(2,3)10-15/h12-13H,5-11,15H2,1-4H3. The third-order valence-electron chi connectivity index (χ3n) is 4.25.